The van der Waals surface area contributed by atoms with E-state index in [0.717, 1.165) is 49.3 Å². The Labute approximate surface area is 273 Å². The highest BCUT2D eigenvalue weighted by molar-refractivity contribution is 6.04. The predicted molar refractivity (Wildman–Crippen MR) is 170 cm³/mol. The van der Waals surface area contributed by atoms with Gasteiger partial charge in [-0.15, -0.1) is 0 Å². The van der Waals surface area contributed by atoms with Crippen LogP contribution in [-0.2, 0) is 27.9 Å². The minimum atomic E-state index is -4.71. The molecule has 0 spiro atoms. The smallest absolute Gasteiger partial charge is 0.433 e. The molecule has 0 aliphatic carbocycles. The number of rotatable bonds is 8. The van der Waals surface area contributed by atoms with E-state index in [4.69, 9.17) is 9.40 Å². The van der Waals surface area contributed by atoms with Crippen LogP contribution in [0, 0.1) is 0 Å². The Morgan fingerprint density at radius 1 is 1.02 bits per heavy atom. The van der Waals surface area contributed by atoms with Gasteiger partial charge in [-0.05, 0) is 76.0 Å². The van der Waals surface area contributed by atoms with Crippen molar-refractivity contribution in [2.45, 2.75) is 69.8 Å². The molecule has 252 valence electrons. The van der Waals surface area contributed by atoms with Gasteiger partial charge in [0.05, 0.1) is 11.3 Å². The van der Waals surface area contributed by atoms with Crippen molar-refractivity contribution in [3.63, 3.8) is 0 Å². The molecule has 0 radical (unpaired) electrons. The molecule has 2 aromatic heterocycles. The lowest BCUT2D eigenvalue weighted by molar-refractivity contribution is -0.141. The highest BCUT2D eigenvalue weighted by Gasteiger charge is 2.34. The van der Waals surface area contributed by atoms with Crippen LogP contribution in [0.1, 0.15) is 78.6 Å². The van der Waals surface area contributed by atoms with Gasteiger partial charge in [0.2, 0.25) is 11.8 Å². The zero-order chi connectivity index (χ0) is 34.2. The van der Waals surface area contributed by atoms with Gasteiger partial charge in [-0.3, -0.25) is 24.6 Å². The molecule has 2 aliphatic heterocycles. The Kier molecular flexibility index (Phi) is 8.96. The Morgan fingerprint density at radius 2 is 1.77 bits per heavy atom. The Balaban J connectivity index is 1.14. The molecule has 14 heteroatoms. The first-order valence-electron chi connectivity index (χ1n) is 15.7. The maximum atomic E-state index is 13.2. The minimum absolute atomic E-state index is 0.0171. The number of halogens is 3. The van der Waals surface area contributed by atoms with Crippen molar-refractivity contribution in [3.05, 3.63) is 83.0 Å². The summed E-state index contributed by atoms with van der Waals surface area (Å²) in [7, 11) is 0. The third-order valence-corrected chi connectivity index (χ3v) is 8.64. The molecule has 0 saturated carbocycles. The lowest BCUT2D eigenvalue weighted by Crippen LogP contribution is -2.47. The van der Waals surface area contributed by atoms with E-state index < -0.39 is 35.1 Å². The van der Waals surface area contributed by atoms with E-state index in [1.165, 1.54) is 26.0 Å². The van der Waals surface area contributed by atoms with Crippen LogP contribution in [0.25, 0.3) is 11.1 Å². The summed E-state index contributed by atoms with van der Waals surface area (Å²) < 4.78 is 45.7. The van der Waals surface area contributed by atoms with Crippen molar-refractivity contribution >= 4 is 40.2 Å². The normalized spacial score (nSPS) is 18.2. The number of aliphatic hydroxyl groups is 1. The van der Waals surface area contributed by atoms with Crippen LogP contribution in [0.15, 0.2) is 59.0 Å². The monoisotopic (exact) mass is 664 g/mol. The molecule has 2 fully saturated rings. The van der Waals surface area contributed by atoms with Crippen molar-refractivity contribution in [1.82, 2.24) is 20.2 Å². The number of para-hydroxylation sites is 1. The number of fused-ring (bicyclic) bond motifs is 1. The van der Waals surface area contributed by atoms with Gasteiger partial charge in [-0.25, -0.2) is 9.97 Å². The topological polar surface area (TPSA) is 150 Å². The van der Waals surface area contributed by atoms with E-state index in [1.807, 2.05) is 24.3 Å². The van der Waals surface area contributed by atoms with Crippen LogP contribution in [0.3, 0.4) is 0 Å². The summed E-state index contributed by atoms with van der Waals surface area (Å²) in [4.78, 5) is 47.3. The van der Waals surface area contributed by atoms with E-state index in [2.05, 4.69) is 25.8 Å². The van der Waals surface area contributed by atoms with Gasteiger partial charge in [-0.2, -0.15) is 13.2 Å². The third kappa shape index (κ3) is 7.34. The molecule has 3 amide bonds. The maximum absolute atomic E-state index is 13.2. The van der Waals surface area contributed by atoms with E-state index >= 15 is 0 Å². The van der Waals surface area contributed by atoms with Crippen LogP contribution < -0.4 is 16.0 Å². The number of hydrogen-bond donors (Lipinski definition) is 4. The number of alkyl halides is 3. The fourth-order valence-corrected chi connectivity index (χ4v) is 6.08. The third-order valence-electron chi connectivity index (χ3n) is 8.64. The first kappa shape index (κ1) is 33.1. The molecule has 4 aromatic rings. The second kappa shape index (κ2) is 13.0. The summed E-state index contributed by atoms with van der Waals surface area (Å²) in [6.45, 7) is 5.24. The lowest BCUT2D eigenvalue weighted by atomic mass is 9.95. The fraction of sp³-hybridized carbons (Fsp3) is 0.382. The number of carbonyl (C=O) groups is 3. The molecular formula is C34H35F3N6O5. The highest BCUT2D eigenvalue weighted by atomic mass is 19.4. The summed E-state index contributed by atoms with van der Waals surface area (Å²) >= 11 is 0. The molecular weight excluding hydrogens is 629 g/mol. The van der Waals surface area contributed by atoms with E-state index in [9.17, 15) is 32.7 Å². The zero-order valence-corrected chi connectivity index (χ0v) is 26.4. The maximum Gasteiger partial charge on any atom is 0.433 e. The molecule has 1 atom stereocenters. The first-order valence-corrected chi connectivity index (χ1v) is 15.7. The second-order valence-corrected chi connectivity index (χ2v) is 12.7. The van der Waals surface area contributed by atoms with Crippen LogP contribution in [0.2, 0.25) is 0 Å². The molecule has 6 rings (SSSR count). The number of imide groups is 1. The van der Waals surface area contributed by atoms with Crippen LogP contribution >= 0.6 is 0 Å². The van der Waals surface area contributed by atoms with E-state index in [0.29, 0.717) is 41.9 Å². The van der Waals surface area contributed by atoms with Crippen LogP contribution in [0.5, 0.6) is 0 Å². The molecule has 48 heavy (non-hydrogen) atoms. The van der Waals surface area contributed by atoms with Gasteiger partial charge in [0.15, 0.2) is 11.5 Å². The number of nitrogens with one attached hydrogen (secondary N) is 3. The molecule has 0 bridgehead atoms. The number of likely N-dealkylation sites (tertiary alicyclic amines) is 1. The molecule has 4 heterocycles. The number of aromatic nitrogens is 2. The zero-order valence-electron chi connectivity index (χ0n) is 26.4. The van der Waals surface area contributed by atoms with Gasteiger partial charge in [-0.1, -0.05) is 24.3 Å². The van der Waals surface area contributed by atoms with Gasteiger partial charge in [0.1, 0.15) is 22.9 Å². The van der Waals surface area contributed by atoms with Crippen molar-refractivity contribution in [2.24, 2.45) is 0 Å². The van der Waals surface area contributed by atoms with Crippen molar-refractivity contribution in [2.75, 3.05) is 23.7 Å². The largest absolute Gasteiger partial charge is 0.440 e. The van der Waals surface area contributed by atoms with Gasteiger partial charge >= 0.3 is 6.18 Å². The average Bonchev–Trinajstić information content (AvgIpc) is 3.45. The van der Waals surface area contributed by atoms with Gasteiger partial charge < -0.3 is 20.2 Å². The standard InChI is InChI=1S/C34H35F3N6O5/c1-33(2,47)21-16-26-27(17-25(21)40-30(45)23-8-5-9-28(39-23)34(35,36)37)48-32(41-26)19-12-14-43(15-13-19)18-20-6-3-4-7-22(20)38-24-10-11-29(44)42-31(24)46/h3-9,16-17,19,24,38,47H,10-15,18H2,1-2H3,(H,40,45)(H,42,44,46). The van der Waals surface area contributed by atoms with Crippen molar-refractivity contribution in [3.8, 4) is 0 Å². The predicted octanol–water partition coefficient (Wildman–Crippen LogP) is 5.32. The van der Waals surface area contributed by atoms with Gasteiger partial charge in [0.25, 0.3) is 5.91 Å². The summed E-state index contributed by atoms with van der Waals surface area (Å²) in [6, 6.07) is 13.5. The molecule has 4 N–H and O–H groups in total. The Bertz CT molecular complexity index is 1860. The SMILES string of the molecule is CC(C)(O)c1cc2nc(C3CCN(Cc4ccccc4NC4CCC(=O)NC4=O)CC3)oc2cc1NC(=O)c1cccc(C(F)(F)F)n1. The minimum Gasteiger partial charge on any atom is -0.440 e. The summed E-state index contributed by atoms with van der Waals surface area (Å²) in [5.74, 6) is -0.911. The molecule has 2 aromatic carbocycles. The fourth-order valence-electron chi connectivity index (χ4n) is 6.08. The molecule has 1 unspecified atom stereocenters. The number of piperidine rings is 2. The summed E-state index contributed by atoms with van der Waals surface area (Å²) in [5, 5.41) is 19.2. The number of benzene rings is 2. The summed E-state index contributed by atoms with van der Waals surface area (Å²) in [5.41, 5.74) is 0.175. The second-order valence-electron chi connectivity index (χ2n) is 12.7. The van der Waals surface area contributed by atoms with Crippen molar-refractivity contribution in [1.29, 1.82) is 0 Å². The van der Waals surface area contributed by atoms with Crippen molar-refractivity contribution < 1.29 is 37.1 Å². The highest BCUT2D eigenvalue weighted by Crippen LogP contribution is 2.36. The Hall–Kier alpha value is -4.82. The van der Waals surface area contributed by atoms with E-state index in [-0.39, 0.29) is 23.4 Å². The lowest BCUT2D eigenvalue weighted by Gasteiger charge is -2.31. The molecule has 2 saturated heterocycles. The number of oxazole rings is 1. The van der Waals surface area contributed by atoms with Crippen LogP contribution in [-0.4, -0.2) is 56.8 Å². The van der Waals surface area contributed by atoms with Gasteiger partial charge in [0, 0.05) is 36.2 Å². The number of pyridine rings is 1. The number of amides is 3. The molecule has 11 nitrogen and oxygen atoms in total. The number of hydrogen-bond acceptors (Lipinski definition) is 9. The summed E-state index contributed by atoms with van der Waals surface area (Å²) in [6.07, 6.45) is -2.45. The van der Waals surface area contributed by atoms with E-state index in [1.54, 1.807) is 6.07 Å². The average molecular weight is 665 g/mol. The Morgan fingerprint density at radius 3 is 2.48 bits per heavy atom. The quantitative estimate of drug-likeness (QED) is 0.184. The van der Waals surface area contributed by atoms with Crippen LogP contribution in [0.4, 0.5) is 24.5 Å². The first-order chi connectivity index (χ1) is 22.7. The molecule has 2 aliphatic rings. The number of anilines is 2. The number of nitrogens with zero attached hydrogens (tertiary/aromatic N) is 3. The number of carbonyl (C=O) groups excluding carboxylic acids is 3.